The number of carbonyl (C=O) groups is 1. The highest BCUT2D eigenvalue weighted by molar-refractivity contribution is 5.82. The van der Waals surface area contributed by atoms with Crippen LogP contribution in [0.2, 0.25) is 0 Å². The minimum atomic E-state index is -1.43. The second kappa shape index (κ2) is 6.42. The number of hydrogen-bond donors (Lipinski definition) is 2. The van der Waals surface area contributed by atoms with E-state index >= 15 is 0 Å². The molecule has 3 rings (SSSR count). The van der Waals surface area contributed by atoms with E-state index < -0.39 is 11.5 Å². The summed E-state index contributed by atoms with van der Waals surface area (Å²) in [6, 6.07) is 13.7. The number of nitrogens with zero attached hydrogens (tertiary/aromatic N) is 2. The van der Waals surface area contributed by atoms with E-state index in [2.05, 4.69) is 0 Å². The average molecular weight is 349 g/mol. The molecule has 1 heterocycles. The van der Waals surface area contributed by atoms with E-state index in [0.717, 1.165) is 33.6 Å². The Kier molecular flexibility index (Phi) is 4.42. The van der Waals surface area contributed by atoms with Crippen molar-refractivity contribution >= 4 is 5.97 Å². The largest absolute Gasteiger partial charge is 0.480 e. The number of aryl methyl sites for hydroxylation is 1. The number of aliphatic carboxylic acids is 1. The van der Waals surface area contributed by atoms with Crippen LogP contribution in [-0.4, -0.2) is 20.9 Å². The van der Waals surface area contributed by atoms with E-state index in [-0.39, 0.29) is 0 Å². The first kappa shape index (κ1) is 17.9. The number of benzene rings is 2. The fourth-order valence-corrected chi connectivity index (χ4v) is 3.31. The highest BCUT2D eigenvalue weighted by atomic mass is 16.4. The third-order valence-electron chi connectivity index (χ3n) is 4.97. The first-order valence-corrected chi connectivity index (χ1v) is 8.48. The molecule has 26 heavy (non-hydrogen) atoms. The zero-order valence-corrected chi connectivity index (χ0v) is 15.4. The van der Waals surface area contributed by atoms with Gasteiger partial charge in [-0.15, -0.1) is 0 Å². The fourth-order valence-electron chi connectivity index (χ4n) is 3.31. The molecule has 5 heteroatoms. The normalized spacial score (nSPS) is 13.4. The minimum Gasteiger partial charge on any atom is -0.480 e. The van der Waals surface area contributed by atoms with Crippen molar-refractivity contribution in [1.29, 1.82) is 0 Å². The van der Waals surface area contributed by atoms with Crippen molar-refractivity contribution in [2.75, 3.05) is 0 Å². The molecular formula is C21H23N3O2. The van der Waals surface area contributed by atoms with Crippen molar-refractivity contribution in [1.82, 2.24) is 9.78 Å². The van der Waals surface area contributed by atoms with E-state index in [0.29, 0.717) is 5.56 Å². The second-order valence-electron chi connectivity index (χ2n) is 6.85. The van der Waals surface area contributed by atoms with Crippen LogP contribution in [0, 0.1) is 20.8 Å². The highest BCUT2D eigenvalue weighted by Crippen LogP contribution is 2.34. The van der Waals surface area contributed by atoms with Crippen LogP contribution in [-0.2, 0) is 10.3 Å². The van der Waals surface area contributed by atoms with Crippen molar-refractivity contribution in [2.45, 2.75) is 33.2 Å². The summed E-state index contributed by atoms with van der Waals surface area (Å²) < 4.78 is 1.84. The van der Waals surface area contributed by atoms with Gasteiger partial charge in [0.25, 0.3) is 0 Å². The Morgan fingerprint density at radius 3 is 2.38 bits per heavy atom. The lowest BCUT2D eigenvalue weighted by molar-refractivity contribution is -0.143. The Labute approximate surface area is 153 Å². The van der Waals surface area contributed by atoms with Crippen LogP contribution < -0.4 is 5.73 Å². The Bertz CT molecular complexity index is 972. The molecule has 5 nitrogen and oxygen atoms in total. The zero-order chi connectivity index (χ0) is 19.1. The molecule has 0 fully saturated rings. The van der Waals surface area contributed by atoms with Gasteiger partial charge in [0.15, 0.2) is 0 Å². The Balaban J connectivity index is 2.12. The number of hydrogen-bond acceptors (Lipinski definition) is 3. The van der Waals surface area contributed by atoms with Crippen LogP contribution in [0.25, 0.3) is 16.9 Å². The van der Waals surface area contributed by atoms with Gasteiger partial charge in [-0.2, -0.15) is 5.10 Å². The Morgan fingerprint density at radius 2 is 1.77 bits per heavy atom. The summed E-state index contributed by atoms with van der Waals surface area (Å²) >= 11 is 0. The maximum Gasteiger partial charge on any atom is 0.328 e. The van der Waals surface area contributed by atoms with Gasteiger partial charge < -0.3 is 10.8 Å². The van der Waals surface area contributed by atoms with Gasteiger partial charge in [-0.3, -0.25) is 0 Å². The summed E-state index contributed by atoms with van der Waals surface area (Å²) in [4.78, 5) is 11.6. The number of carboxylic acid groups (broad SMARTS) is 1. The lowest BCUT2D eigenvalue weighted by Gasteiger charge is -2.25. The third-order valence-corrected chi connectivity index (χ3v) is 4.97. The number of aromatic nitrogens is 2. The van der Waals surface area contributed by atoms with Gasteiger partial charge >= 0.3 is 5.97 Å². The van der Waals surface area contributed by atoms with E-state index in [4.69, 9.17) is 10.8 Å². The molecular weight excluding hydrogens is 326 g/mol. The number of nitrogens with two attached hydrogens (primary N) is 1. The average Bonchev–Trinajstić information content (AvgIpc) is 3.08. The van der Waals surface area contributed by atoms with Crippen molar-refractivity contribution in [3.05, 3.63) is 70.9 Å². The molecule has 2 aromatic carbocycles. The maximum absolute atomic E-state index is 11.6. The standard InChI is InChI=1S/C21H23N3O2/c1-13-12-17(21(4,22)20(25)26)14(2)15(3)19(13)18-10-11-24(23-18)16-8-6-5-7-9-16/h5-12H,22H2,1-4H3,(H,25,26). The summed E-state index contributed by atoms with van der Waals surface area (Å²) in [5.74, 6) is -1.04. The molecule has 1 atom stereocenters. The van der Waals surface area contributed by atoms with Crippen LogP contribution in [0.4, 0.5) is 0 Å². The first-order valence-electron chi connectivity index (χ1n) is 8.48. The van der Waals surface area contributed by atoms with Crippen molar-refractivity contribution < 1.29 is 9.90 Å². The van der Waals surface area contributed by atoms with Crippen molar-refractivity contribution in [3.8, 4) is 16.9 Å². The molecule has 0 saturated carbocycles. The third kappa shape index (κ3) is 2.91. The number of para-hydroxylation sites is 1. The lowest BCUT2D eigenvalue weighted by Crippen LogP contribution is -2.42. The smallest absolute Gasteiger partial charge is 0.328 e. The van der Waals surface area contributed by atoms with Gasteiger partial charge in [0.2, 0.25) is 0 Å². The van der Waals surface area contributed by atoms with Gasteiger partial charge in [0.05, 0.1) is 11.4 Å². The molecule has 0 aliphatic rings. The summed E-state index contributed by atoms with van der Waals surface area (Å²) in [5.41, 5.74) is 11.0. The van der Waals surface area contributed by atoms with E-state index in [1.165, 1.54) is 6.92 Å². The van der Waals surface area contributed by atoms with E-state index in [9.17, 15) is 9.90 Å². The lowest BCUT2D eigenvalue weighted by atomic mass is 9.83. The number of rotatable bonds is 4. The van der Waals surface area contributed by atoms with Crippen LogP contribution in [0.5, 0.6) is 0 Å². The summed E-state index contributed by atoms with van der Waals surface area (Å²) in [5, 5.41) is 14.2. The van der Waals surface area contributed by atoms with Crippen molar-refractivity contribution in [2.24, 2.45) is 5.73 Å². The molecule has 3 aromatic rings. The number of carboxylic acids is 1. The molecule has 0 aliphatic carbocycles. The molecule has 0 amide bonds. The van der Waals surface area contributed by atoms with Gasteiger partial charge in [-0.25, -0.2) is 9.48 Å². The monoisotopic (exact) mass is 349 g/mol. The van der Waals surface area contributed by atoms with E-state index in [1.54, 1.807) is 0 Å². The predicted molar refractivity (Wildman–Crippen MR) is 102 cm³/mol. The van der Waals surface area contributed by atoms with Crippen LogP contribution in [0.3, 0.4) is 0 Å². The van der Waals surface area contributed by atoms with Crippen LogP contribution in [0.1, 0.15) is 29.2 Å². The minimum absolute atomic E-state index is 0.631. The van der Waals surface area contributed by atoms with Crippen molar-refractivity contribution in [3.63, 3.8) is 0 Å². The molecule has 0 aliphatic heterocycles. The summed E-state index contributed by atoms with van der Waals surface area (Å²) in [7, 11) is 0. The predicted octanol–water partition coefficient (Wildman–Crippen LogP) is 3.72. The van der Waals surface area contributed by atoms with Crippen LogP contribution >= 0.6 is 0 Å². The molecule has 1 unspecified atom stereocenters. The molecule has 0 spiro atoms. The molecule has 0 bridgehead atoms. The summed E-state index contributed by atoms with van der Waals surface area (Å²) in [6.07, 6.45) is 1.93. The van der Waals surface area contributed by atoms with Gasteiger partial charge in [-0.05, 0) is 68.1 Å². The van der Waals surface area contributed by atoms with E-state index in [1.807, 2.05) is 74.1 Å². The van der Waals surface area contributed by atoms with Gasteiger partial charge in [-0.1, -0.05) is 24.3 Å². The fraction of sp³-hybridized carbons (Fsp3) is 0.238. The Hall–Kier alpha value is -2.92. The zero-order valence-electron chi connectivity index (χ0n) is 15.4. The SMILES string of the molecule is Cc1cc(C(C)(N)C(=O)O)c(C)c(C)c1-c1ccn(-c2ccccc2)n1. The molecule has 3 N–H and O–H groups in total. The quantitative estimate of drug-likeness (QED) is 0.752. The second-order valence-corrected chi connectivity index (χ2v) is 6.85. The summed E-state index contributed by atoms with van der Waals surface area (Å²) in [6.45, 7) is 7.39. The molecule has 1 aromatic heterocycles. The van der Waals surface area contributed by atoms with Gasteiger partial charge in [0.1, 0.15) is 5.54 Å². The highest BCUT2D eigenvalue weighted by Gasteiger charge is 2.33. The Morgan fingerprint density at radius 1 is 1.12 bits per heavy atom. The molecule has 0 radical (unpaired) electrons. The maximum atomic E-state index is 11.6. The molecule has 134 valence electrons. The first-order chi connectivity index (χ1) is 12.2. The topological polar surface area (TPSA) is 81.1 Å². The van der Waals surface area contributed by atoms with Gasteiger partial charge in [0, 0.05) is 11.8 Å². The molecule has 0 saturated heterocycles. The van der Waals surface area contributed by atoms with Crippen LogP contribution in [0.15, 0.2) is 48.7 Å².